The molecule has 0 saturated carbocycles. The van der Waals surface area contributed by atoms with Crippen LogP contribution >= 0.6 is 23.2 Å². The highest BCUT2D eigenvalue weighted by atomic mass is 35.5. The number of pyridine rings is 1. The van der Waals surface area contributed by atoms with Crippen LogP contribution in [0.15, 0.2) is 12.3 Å². The van der Waals surface area contributed by atoms with Gasteiger partial charge >= 0.3 is 0 Å². The van der Waals surface area contributed by atoms with Crippen LogP contribution in [0.4, 0.5) is 0 Å². The van der Waals surface area contributed by atoms with Gasteiger partial charge in [-0.25, -0.2) is 4.98 Å². The number of fused-ring (bicyclic) bond motifs is 1. The summed E-state index contributed by atoms with van der Waals surface area (Å²) in [6.07, 6.45) is 1.58. The minimum atomic E-state index is 0.250. The maximum Gasteiger partial charge on any atom is 0.141 e. The number of halogens is 2. The fourth-order valence-electron chi connectivity index (χ4n) is 1.16. The van der Waals surface area contributed by atoms with Gasteiger partial charge in [0.05, 0.1) is 16.5 Å². The van der Waals surface area contributed by atoms with Crippen LogP contribution < -0.4 is 0 Å². The zero-order valence-electron chi connectivity index (χ0n) is 6.31. The van der Waals surface area contributed by atoms with Gasteiger partial charge in [-0.05, 0) is 6.07 Å². The highest BCUT2D eigenvalue weighted by molar-refractivity contribution is 6.36. The van der Waals surface area contributed by atoms with Crippen molar-refractivity contribution >= 4 is 34.1 Å². The molecule has 0 aliphatic rings. The number of hydrogen-bond acceptors (Lipinski definition) is 2. The summed E-state index contributed by atoms with van der Waals surface area (Å²) >= 11 is 11.5. The topological polar surface area (TPSA) is 52.5 Å². The van der Waals surface area contributed by atoms with Gasteiger partial charge in [-0.15, -0.1) is 0 Å². The van der Waals surface area contributed by atoms with Crippen LogP contribution in [0.3, 0.4) is 0 Å². The summed E-state index contributed by atoms with van der Waals surface area (Å²) < 4.78 is 0. The number of hydrogen-bond donors (Lipinski definition) is 1. The lowest BCUT2D eigenvalue weighted by atomic mass is 10.2. The molecule has 2 aromatic heterocycles. The molecule has 0 radical (unpaired) electrons. The van der Waals surface area contributed by atoms with E-state index >= 15 is 0 Å². The number of H-pyrrole nitrogens is 1. The number of nitrogens with zero attached hydrogens (tertiary/aromatic N) is 2. The summed E-state index contributed by atoms with van der Waals surface area (Å²) in [6, 6.07) is 3.64. The van der Waals surface area contributed by atoms with Gasteiger partial charge in [-0.2, -0.15) is 5.26 Å². The molecule has 0 aromatic carbocycles. The SMILES string of the molecule is N#Cc1c[nH]c2cc(Cl)nc(Cl)c12. The smallest absolute Gasteiger partial charge is 0.141 e. The Morgan fingerprint density at radius 3 is 2.92 bits per heavy atom. The van der Waals surface area contributed by atoms with Crippen molar-refractivity contribution in [2.75, 3.05) is 0 Å². The second-order valence-corrected chi connectivity index (χ2v) is 3.22. The molecular weight excluding hydrogens is 209 g/mol. The molecule has 0 bridgehead atoms. The first-order chi connectivity index (χ1) is 6.22. The number of nitriles is 1. The summed E-state index contributed by atoms with van der Waals surface area (Å²) in [5.74, 6) is 0. The van der Waals surface area contributed by atoms with Crippen molar-refractivity contribution in [3.63, 3.8) is 0 Å². The van der Waals surface area contributed by atoms with Gasteiger partial charge in [0.1, 0.15) is 16.4 Å². The molecule has 2 aromatic rings. The highest BCUT2D eigenvalue weighted by Crippen LogP contribution is 2.26. The summed E-state index contributed by atoms with van der Waals surface area (Å²) in [5, 5.41) is 9.91. The highest BCUT2D eigenvalue weighted by Gasteiger charge is 2.09. The largest absolute Gasteiger partial charge is 0.360 e. The molecule has 1 N–H and O–H groups in total. The average molecular weight is 212 g/mol. The second kappa shape index (κ2) is 2.91. The lowest BCUT2D eigenvalue weighted by Gasteiger charge is -1.94. The zero-order valence-corrected chi connectivity index (χ0v) is 7.82. The number of nitrogens with one attached hydrogen (secondary N) is 1. The molecule has 0 aliphatic heterocycles. The molecule has 0 unspecified atom stereocenters. The monoisotopic (exact) mass is 211 g/mol. The minimum Gasteiger partial charge on any atom is -0.360 e. The Morgan fingerprint density at radius 2 is 2.23 bits per heavy atom. The van der Waals surface area contributed by atoms with Gasteiger partial charge in [-0.3, -0.25) is 0 Å². The lowest BCUT2D eigenvalue weighted by Crippen LogP contribution is -1.79. The van der Waals surface area contributed by atoms with Gasteiger partial charge in [0.2, 0.25) is 0 Å². The van der Waals surface area contributed by atoms with Crippen LogP contribution in [0.2, 0.25) is 10.3 Å². The van der Waals surface area contributed by atoms with Crippen LogP contribution in [0.25, 0.3) is 10.9 Å². The third-order valence-corrected chi connectivity index (χ3v) is 2.17. The fourth-order valence-corrected chi connectivity index (χ4v) is 1.70. The molecule has 0 amide bonds. The molecule has 2 rings (SSSR count). The second-order valence-electron chi connectivity index (χ2n) is 2.47. The fraction of sp³-hybridized carbons (Fsp3) is 0. The van der Waals surface area contributed by atoms with Crippen molar-refractivity contribution in [1.29, 1.82) is 5.26 Å². The average Bonchev–Trinajstić information content (AvgIpc) is 2.47. The van der Waals surface area contributed by atoms with Crippen molar-refractivity contribution in [1.82, 2.24) is 9.97 Å². The molecule has 0 atom stereocenters. The van der Waals surface area contributed by atoms with E-state index in [4.69, 9.17) is 28.5 Å². The molecule has 0 aliphatic carbocycles. The van der Waals surface area contributed by atoms with Crippen molar-refractivity contribution in [2.45, 2.75) is 0 Å². The Hall–Kier alpha value is -1.24. The third kappa shape index (κ3) is 1.24. The Labute approximate surface area is 83.9 Å². The first-order valence-electron chi connectivity index (χ1n) is 3.45. The summed E-state index contributed by atoms with van der Waals surface area (Å²) in [5.41, 5.74) is 1.20. The Balaban J connectivity index is 2.92. The van der Waals surface area contributed by atoms with E-state index in [0.29, 0.717) is 16.1 Å². The maximum absolute atomic E-state index is 8.73. The number of rotatable bonds is 0. The predicted molar refractivity (Wildman–Crippen MR) is 50.8 cm³/mol. The van der Waals surface area contributed by atoms with E-state index < -0.39 is 0 Å². The summed E-state index contributed by atoms with van der Waals surface area (Å²) in [6.45, 7) is 0. The van der Waals surface area contributed by atoms with Crippen molar-refractivity contribution < 1.29 is 0 Å². The molecule has 13 heavy (non-hydrogen) atoms. The molecule has 0 saturated heterocycles. The molecule has 5 heteroatoms. The van der Waals surface area contributed by atoms with E-state index in [1.54, 1.807) is 12.3 Å². The zero-order chi connectivity index (χ0) is 9.42. The molecule has 64 valence electrons. The van der Waals surface area contributed by atoms with Crippen molar-refractivity contribution in [3.8, 4) is 6.07 Å². The number of aromatic nitrogens is 2. The van der Waals surface area contributed by atoms with E-state index in [9.17, 15) is 0 Å². The van der Waals surface area contributed by atoms with E-state index in [0.717, 1.165) is 5.52 Å². The van der Waals surface area contributed by atoms with Gasteiger partial charge in [0.15, 0.2) is 0 Å². The van der Waals surface area contributed by atoms with Crippen LogP contribution in [0, 0.1) is 11.3 Å². The van der Waals surface area contributed by atoms with Crippen LogP contribution in [0.1, 0.15) is 5.56 Å². The van der Waals surface area contributed by atoms with Gasteiger partial charge < -0.3 is 4.98 Å². The van der Waals surface area contributed by atoms with Crippen LogP contribution in [-0.4, -0.2) is 9.97 Å². The van der Waals surface area contributed by atoms with Crippen LogP contribution in [-0.2, 0) is 0 Å². The normalized spacial score (nSPS) is 10.2. The van der Waals surface area contributed by atoms with Gasteiger partial charge in [-0.1, -0.05) is 23.2 Å². The Morgan fingerprint density at radius 1 is 1.46 bits per heavy atom. The summed E-state index contributed by atoms with van der Waals surface area (Å²) in [4.78, 5) is 6.73. The summed E-state index contributed by atoms with van der Waals surface area (Å²) in [7, 11) is 0. The van der Waals surface area contributed by atoms with Crippen LogP contribution in [0.5, 0.6) is 0 Å². The quantitative estimate of drug-likeness (QED) is 0.682. The Kier molecular flexibility index (Phi) is 1.87. The first kappa shape index (κ1) is 8.36. The van der Waals surface area contributed by atoms with E-state index in [1.807, 2.05) is 6.07 Å². The Bertz CT molecular complexity index is 510. The van der Waals surface area contributed by atoms with E-state index in [2.05, 4.69) is 9.97 Å². The van der Waals surface area contributed by atoms with E-state index in [-0.39, 0.29) is 5.15 Å². The maximum atomic E-state index is 8.73. The predicted octanol–water partition coefficient (Wildman–Crippen LogP) is 2.74. The number of aromatic amines is 1. The molecule has 0 spiro atoms. The molecule has 0 fully saturated rings. The molecular formula is C8H3Cl2N3. The van der Waals surface area contributed by atoms with Crippen molar-refractivity contribution in [3.05, 3.63) is 28.1 Å². The van der Waals surface area contributed by atoms with Crippen molar-refractivity contribution in [2.24, 2.45) is 0 Å². The van der Waals surface area contributed by atoms with Gasteiger partial charge in [0, 0.05) is 6.20 Å². The standard InChI is InChI=1S/C8H3Cl2N3/c9-6-1-5-7(8(10)13-6)4(2-11)3-12-5/h1,3,12H. The molecule has 2 heterocycles. The lowest BCUT2D eigenvalue weighted by molar-refractivity contribution is 1.35. The van der Waals surface area contributed by atoms with E-state index in [1.165, 1.54) is 0 Å². The third-order valence-electron chi connectivity index (χ3n) is 1.71. The van der Waals surface area contributed by atoms with Gasteiger partial charge in [0.25, 0.3) is 0 Å². The minimum absolute atomic E-state index is 0.250. The first-order valence-corrected chi connectivity index (χ1v) is 4.21. The molecule has 3 nitrogen and oxygen atoms in total.